The molecule has 0 aliphatic heterocycles. The summed E-state index contributed by atoms with van der Waals surface area (Å²) in [6.07, 6.45) is -1.83. The molecule has 1 aliphatic rings. The van der Waals surface area contributed by atoms with Crippen molar-refractivity contribution in [2.75, 3.05) is 6.54 Å². The highest BCUT2D eigenvalue weighted by atomic mass is 35.5. The Kier molecular flexibility index (Phi) is 4.86. The highest BCUT2D eigenvalue weighted by Crippen LogP contribution is 2.27. The Labute approximate surface area is 92.0 Å². The molecule has 90 valence electrons. The van der Waals surface area contributed by atoms with Crippen LogP contribution in [0.4, 0.5) is 13.2 Å². The molecule has 0 bridgehead atoms. The van der Waals surface area contributed by atoms with Gasteiger partial charge in [-0.05, 0) is 12.8 Å². The normalized spacial score (nSPS) is 19.5. The number of amides is 1. The zero-order chi connectivity index (χ0) is 10.8. The molecule has 3 nitrogen and oxygen atoms in total. The van der Waals surface area contributed by atoms with E-state index in [9.17, 15) is 18.0 Å². The number of nitrogens with two attached hydrogens (primary N) is 1. The number of rotatable bonds is 2. The molecule has 15 heavy (non-hydrogen) atoms. The van der Waals surface area contributed by atoms with Crippen LogP contribution in [-0.4, -0.2) is 24.2 Å². The van der Waals surface area contributed by atoms with E-state index in [0.29, 0.717) is 12.8 Å². The van der Waals surface area contributed by atoms with Crippen LogP contribution in [0.1, 0.15) is 25.7 Å². The summed E-state index contributed by atoms with van der Waals surface area (Å²) in [6, 6.07) is 0. The summed E-state index contributed by atoms with van der Waals surface area (Å²) in [7, 11) is 0. The van der Waals surface area contributed by atoms with Crippen LogP contribution in [0.5, 0.6) is 0 Å². The van der Waals surface area contributed by atoms with Gasteiger partial charge in [0.2, 0.25) is 5.91 Å². The minimum atomic E-state index is -4.37. The maximum absolute atomic E-state index is 11.8. The van der Waals surface area contributed by atoms with Crippen molar-refractivity contribution in [3.8, 4) is 0 Å². The number of nitrogens with one attached hydrogen (secondary N) is 1. The van der Waals surface area contributed by atoms with Gasteiger partial charge in [-0.1, -0.05) is 12.8 Å². The summed E-state index contributed by atoms with van der Waals surface area (Å²) in [6.45, 7) is -1.30. The molecule has 3 N–H and O–H groups in total. The fourth-order valence-electron chi connectivity index (χ4n) is 1.59. The molecular weight excluding hydrogens is 233 g/mol. The van der Waals surface area contributed by atoms with Crippen molar-refractivity contribution >= 4 is 18.3 Å². The SMILES string of the molecule is Cl.NC1(C(=O)NCC(F)(F)F)CCCC1. The number of carbonyl (C=O) groups is 1. The Morgan fingerprint density at radius 2 is 1.80 bits per heavy atom. The monoisotopic (exact) mass is 246 g/mol. The zero-order valence-corrected chi connectivity index (χ0v) is 8.88. The summed E-state index contributed by atoms with van der Waals surface area (Å²) >= 11 is 0. The fourth-order valence-corrected chi connectivity index (χ4v) is 1.59. The minimum Gasteiger partial charge on any atom is -0.345 e. The lowest BCUT2D eigenvalue weighted by Gasteiger charge is -2.22. The van der Waals surface area contributed by atoms with Crippen molar-refractivity contribution in [2.24, 2.45) is 5.73 Å². The first-order chi connectivity index (χ1) is 6.33. The Hall–Kier alpha value is -0.490. The summed E-state index contributed by atoms with van der Waals surface area (Å²) in [4.78, 5) is 11.3. The molecule has 0 aromatic carbocycles. The van der Waals surface area contributed by atoms with Gasteiger partial charge in [-0.3, -0.25) is 4.79 Å². The van der Waals surface area contributed by atoms with E-state index in [1.54, 1.807) is 0 Å². The molecule has 0 aromatic heterocycles. The lowest BCUT2D eigenvalue weighted by Crippen LogP contribution is -2.53. The van der Waals surface area contributed by atoms with Gasteiger partial charge in [-0.15, -0.1) is 12.4 Å². The van der Waals surface area contributed by atoms with E-state index >= 15 is 0 Å². The molecule has 0 atom stereocenters. The zero-order valence-electron chi connectivity index (χ0n) is 8.06. The summed E-state index contributed by atoms with van der Waals surface area (Å²) in [5.41, 5.74) is 4.57. The van der Waals surface area contributed by atoms with Crippen LogP contribution in [0.2, 0.25) is 0 Å². The largest absolute Gasteiger partial charge is 0.405 e. The predicted molar refractivity (Wildman–Crippen MR) is 51.7 cm³/mol. The Morgan fingerprint density at radius 3 is 2.20 bits per heavy atom. The number of halogens is 4. The van der Waals surface area contributed by atoms with Gasteiger partial charge in [-0.25, -0.2) is 0 Å². The molecule has 1 saturated carbocycles. The van der Waals surface area contributed by atoms with E-state index < -0.39 is 24.2 Å². The van der Waals surface area contributed by atoms with Crippen LogP contribution >= 0.6 is 12.4 Å². The fraction of sp³-hybridized carbons (Fsp3) is 0.875. The number of hydrogen-bond acceptors (Lipinski definition) is 2. The molecule has 1 aliphatic carbocycles. The molecule has 0 unspecified atom stereocenters. The summed E-state index contributed by atoms with van der Waals surface area (Å²) in [5.74, 6) is -0.688. The molecule has 0 aromatic rings. The third-order valence-corrected chi connectivity index (χ3v) is 2.40. The third kappa shape index (κ3) is 4.25. The van der Waals surface area contributed by atoms with E-state index in [1.165, 1.54) is 0 Å². The highest BCUT2D eigenvalue weighted by molar-refractivity contribution is 5.86. The van der Waals surface area contributed by atoms with Crippen LogP contribution in [0.25, 0.3) is 0 Å². The Balaban J connectivity index is 0.00000196. The van der Waals surface area contributed by atoms with Gasteiger partial charge >= 0.3 is 6.18 Å². The van der Waals surface area contributed by atoms with Gasteiger partial charge in [0.25, 0.3) is 0 Å². The van der Waals surface area contributed by atoms with E-state index in [-0.39, 0.29) is 12.4 Å². The second kappa shape index (κ2) is 5.03. The van der Waals surface area contributed by atoms with E-state index in [2.05, 4.69) is 0 Å². The number of hydrogen-bond donors (Lipinski definition) is 2. The molecule has 0 heterocycles. The number of alkyl halides is 3. The predicted octanol–water partition coefficient (Wildman–Crippen LogP) is 1.36. The van der Waals surface area contributed by atoms with Gasteiger partial charge in [0.1, 0.15) is 6.54 Å². The van der Waals surface area contributed by atoms with Crippen LogP contribution in [0, 0.1) is 0 Å². The molecule has 0 radical (unpaired) electrons. The van der Waals surface area contributed by atoms with Crippen LogP contribution < -0.4 is 11.1 Å². The maximum atomic E-state index is 11.8. The van der Waals surface area contributed by atoms with Crippen LogP contribution in [0.3, 0.4) is 0 Å². The maximum Gasteiger partial charge on any atom is 0.405 e. The molecule has 0 saturated heterocycles. The van der Waals surface area contributed by atoms with Crippen LogP contribution in [0.15, 0.2) is 0 Å². The second-order valence-electron chi connectivity index (χ2n) is 3.66. The van der Waals surface area contributed by atoms with Crippen molar-refractivity contribution in [1.82, 2.24) is 5.32 Å². The molecule has 1 rings (SSSR count). The summed E-state index contributed by atoms with van der Waals surface area (Å²) < 4.78 is 35.3. The van der Waals surface area contributed by atoms with Gasteiger partial charge < -0.3 is 11.1 Å². The smallest absolute Gasteiger partial charge is 0.345 e. The van der Waals surface area contributed by atoms with Gasteiger partial charge in [0.05, 0.1) is 5.54 Å². The van der Waals surface area contributed by atoms with Gasteiger partial charge in [-0.2, -0.15) is 13.2 Å². The molecular formula is C8H14ClF3N2O. The quantitative estimate of drug-likeness (QED) is 0.773. The van der Waals surface area contributed by atoms with E-state index in [1.807, 2.05) is 5.32 Å². The third-order valence-electron chi connectivity index (χ3n) is 2.40. The van der Waals surface area contributed by atoms with E-state index in [0.717, 1.165) is 12.8 Å². The standard InChI is InChI=1S/C8H13F3N2O.ClH/c9-8(10,11)5-13-6(14)7(12)3-1-2-4-7;/h1-5,12H2,(H,13,14);1H. The first-order valence-corrected chi connectivity index (χ1v) is 4.47. The van der Waals surface area contributed by atoms with Crippen molar-refractivity contribution in [3.63, 3.8) is 0 Å². The van der Waals surface area contributed by atoms with Gasteiger partial charge in [0, 0.05) is 0 Å². The lowest BCUT2D eigenvalue weighted by molar-refractivity contribution is -0.141. The molecule has 1 amide bonds. The Bertz CT molecular complexity index is 226. The molecule has 0 spiro atoms. The minimum absolute atomic E-state index is 0. The van der Waals surface area contributed by atoms with Crippen molar-refractivity contribution in [1.29, 1.82) is 0 Å². The van der Waals surface area contributed by atoms with Gasteiger partial charge in [0.15, 0.2) is 0 Å². The number of carbonyl (C=O) groups excluding carboxylic acids is 1. The lowest BCUT2D eigenvalue weighted by atomic mass is 9.98. The topological polar surface area (TPSA) is 55.1 Å². The first-order valence-electron chi connectivity index (χ1n) is 4.47. The van der Waals surface area contributed by atoms with Crippen LogP contribution in [-0.2, 0) is 4.79 Å². The molecule has 7 heteroatoms. The van der Waals surface area contributed by atoms with Crippen molar-refractivity contribution in [3.05, 3.63) is 0 Å². The van der Waals surface area contributed by atoms with Crippen molar-refractivity contribution < 1.29 is 18.0 Å². The van der Waals surface area contributed by atoms with E-state index in [4.69, 9.17) is 5.73 Å². The average molecular weight is 247 g/mol. The van der Waals surface area contributed by atoms with Crippen molar-refractivity contribution in [2.45, 2.75) is 37.4 Å². The highest BCUT2D eigenvalue weighted by Gasteiger charge is 2.38. The Morgan fingerprint density at radius 1 is 1.33 bits per heavy atom. The molecule has 1 fully saturated rings. The first kappa shape index (κ1) is 14.5. The second-order valence-corrected chi connectivity index (χ2v) is 3.66. The average Bonchev–Trinajstić information content (AvgIpc) is 2.48. The summed E-state index contributed by atoms with van der Waals surface area (Å²) in [5, 5.41) is 1.82.